The smallest absolute Gasteiger partial charge is 0.395 e. The number of aromatic nitrogens is 1. The Bertz CT molecular complexity index is 1400. The third kappa shape index (κ3) is 7.01. The number of alkyl halides is 6. The summed E-state index contributed by atoms with van der Waals surface area (Å²) >= 11 is 0. The molecule has 0 saturated heterocycles. The van der Waals surface area contributed by atoms with Crippen molar-refractivity contribution in [2.45, 2.75) is 38.5 Å². The van der Waals surface area contributed by atoms with E-state index >= 15 is 0 Å². The summed E-state index contributed by atoms with van der Waals surface area (Å²) < 4.78 is 95.1. The van der Waals surface area contributed by atoms with Crippen molar-refractivity contribution in [2.75, 3.05) is 43.2 Å². The first-order valence-corrected chi connectivity index (χ1v) is 12.7. The molecule has 0 saturated carbocycles. The molecule has 42 heavy (non-hydrogen) atoms. The van der Waals surface area contributed by atoms with E-state index in [4.69, 9.17) is 0 Å². The minimum atomic E-state index is -5.09. The van der Waals surface area contributed by atoms with Gasteiger partial charge in [-0.05, 0) is 73.9 Å². The molecule has 2 aromatic carbocycles. The van der Waals surface area contributed by atoms with Crippen LogP contribution in [-0.4, -0.2) is 54.5 Å². The van der Waals surface area contributed by atoms with E-state index in [0.717, 1.165) is 4.90 Å². The molecule has 0 aliphatic carbocycles. The minimum Gasteiger partial charge on any atom is -0.395 e. The molecule has 228 valence electrons. The number of halogens is 7. The van der Waals surface area contributed by atoms with Crippen LogP contribution in [0.5, 0.6) is 0 Å². The molecule has 0 atom stereocenters. The SMILES string of the molecule is Cc1cc(F)ccc1-c1cc(N(CCO)CCO)ncc1N(C)C(=O)C(C)(C)c1cc(C(F)(F)F)cc(C(F)(F)F)c1. The second-order valence-electron chi connectivity index (χ2n) is 10.2. The standard InChI is InChI=1S/C29H30F7N3O3/c1-17-11-21(30)5-6-22(17)23-15-25(39(7-9-40)8-10-41)37-16-24(23)38(4)26(42)27(2,3)18-12-19(28(31,32)33)14-20(13-18)29(34,35)36/h5-6,11-16,40-41H,7-10H2,1-4H3. The summed E-state index contributed by atoms with van der Waals surface area (Å²) in [6.07, 6.45) is -8.90. The number of rotatable bonds is 9. The number of nitrogens with zero attached hydrogens (tertiary/aromatic N) is 3. The van der Waals surface area contributed by atoms with Crippen molar-refractivity contribution in [1.82, 2.24) is 4.98 Å². The number of hydrogen-bond donors (Lipinski definition) is 2. The molecule has 0 unspecified atom stereocenters. The average Bonchev–Trinajstić information content (AvgIpc) is 2.90. The molecule has 6 nitrogen and oxygen atoms in total. The van der Waals surface area contributed by atoms with Gasteiger partial charge < -0.3 is 20.0 Å². The van der Waals surface area contributed by atoms with Crippen molar-refractivity contribution < 1.29 is 45.7 Å². The number of likely N-dealkylation sites (N-methyl/N-ethyl adjacent to an activating group) is 1. The quantitative estimate of drug-likeness (QED) is 0.296. The van der Waals surface area contributed by atoms with E-state index in [2.05, 4.69) is 4.98 Å². The maximum absolute atomic E-state index is 13.9. The highest BCUT2D eigenvalue weighted by atomic mass is 19.4. The Morgan fingerprint density at radius 3 is 1.83 bits per heavy atom. The Labute approximate surface area is 238 Å². The highest BCUT2D eigenvalue weighted by Crippen LogP contribution is 2.41. The second-order valence-corrected chi connectivity index (χ2v) is 10.2. The van der Waals surface area contributed by atoms with Gasteiger partial charge in [0.25, 0.3) is 0 Å². The first-order valence-electron chi connectivity index (χ1n) is 12.7. The molecular weight excluding hydrogens is 571 g/mol. The molecule has 0 bridgehead atoms. The number of aryl methyl sites for hydroxylation is 1. The van der Waals surface area contributed by atoms with Gasteiger partial charge in [0.15, 0.2) is 0 Å². The van der Waals surface area contributed by atoms with Gasteiger partial charge in [-0.3, -0.25) is 4.79 Å². The van der Waals surface area contributed by atoms with Crippen molar-refractivity contribution in [1.29, 1.82) is 0 Å². The Kier molecular flexibility index (Phi) is 9.57. The number of pyridine rings is 1. The van der Waals surface area contributed by atoms with Crippen LogP contribution >= 0.6 is 0 Å². The van der Waals surface area contributed by atoms with E-state index in [1.165, 1.54) is 45.3 Å². The Balaban J connectivity index is 2.19. The highest BCUT2D eigenvalue weighted by molar-refractivity contribution is 6.03. The minimum absolute atomic E-state index is 0.00362. The van der Waals surface area contributed by atoms with Crippen molar-refractivity contribution in [3.63, 3.8) is 0 Å². The van der Waals surface area contributed by atoms with Crippen LogP contribution in [0, 0.1) is 12.7 Å². The van der Waals surface area contributed by atoms with Crippen LogP contribution < -0.4 is 9.80 Å². The van der Waals surface area contributed by atoms with Crippen molar-refractivity contribution >= 4 is 17.4 Å². The van der Waals surface area contributed by atoms with Crippen LogP contribution in [0.4, 0.5) is 42.2 Å². The van der Waals surface area contributed by atoms with Gasteiger partial charge in [-0.15, -0.1) is 0 Å². The fourth-order valence-electron chi connectivity index (χ4n) is 4.57. The molecule has 2 N–H and O–H groups in total. The third-order valence-corrected chi connectivity index (χ3v) is 6.92. The third-order valence-electron chi connectivity index (χ3n) is 6.92. The van der Waals surface area contributed by atoms with Gasteiger partial charge in [0.2, 0.25) is 5.91 Å². The number of amides is 1. The molecule has 1 aromatic heterocycles. The summed E-state index contributed by atoms with van der Waals surface area (Å²) in [5.41, 5.74) is -4.02. The summed E-state index contributed by atoms with van der Waals surface area (Å²) in [7, 11) is 1.31. The maximum Gasteiger partial charge on any atom is 0.416 e. The molecule has 0 radical (unpaired) electrons. The summed E-state index contributed by atoms with van der Waals surface area (Å²) in [5.74, 6) is -1.06. The van der Waals surface area contributed by atoms with E-state index in [1.54, 1.807) is 17.9 Å². The zero-order valence-electron chi connectivity index (χ0n) is 23.2. The van der Waals surface area contributed by atoms with E-state index in [9.17, 15) is 45.7 Å². The molecule has 0 aliphatic heterocycles. The predicted octanol–water partition coefficient (Wildman–Crippen LogP) is 5.97. The van der Waals surface area contributed by atoms with Gasteiger partial charge in [-0.2, -0.15) is 26.3 Å². The Hall–Kier alpha value is -3.71. The maximum atomic E-state index is 13.9. The molecule has 0 aliphatic rings. The van der Waals surface area contributed by atoms with Crippen LogP contribution in [0.1, 0.15) is 36.1 Å². The number of carbonyl (C=O) groups is 1. The van der Waals surface area contributed by atoms with Crippen molar-refractivity contribution in [2.24, 2.45) is 0 Å². The first-order chi connectivity index (χ1) is 19.4. The van der Waals surface area contributed by atoms with Crippen LogP contribution in [-0.2, 0) is 22.6 Å². The van der Waals surface area contributed by atoms with Crippen LogP contribution in [0.2, 0.25) is 0 Å². The van der Waals surface area contributed by atoms with Gasteiger partial charge in [0.1, 0.15) is 11.6 Å². The van der Waals surface area contributed by atoms with Crippen LogP contribution in [0.15, 0.2) is 48.7 Å². The lowest BCUT2D eigenvalue weighted by atomic mass is 9.81. The van der Waals surface area contributed by atoms with E-state index in [-0.39, 0.29) is 38.1 Å². The molecular formula is C29H30F7N3O3. The summed E-state index contributed by atoms with van der Waals surface area (Å²) in [6.45, 7) is 3.73. The van der Waals surface area contributed by atoms with Crippen LogP contribution in [0.3, 0.4) is 0 Å². The highest BCUT2D eigenvalue weighted by Gasteiger charge is 2.41. The lowest BCUT2D eigenvalue weighted by Gasteiger charge is -2.32. The largest absolute Gasteiger partial charge is 0.416 e. The number of benzene rings is 2. The molecule has 0 spiro atoms. The van der Waals surface area contributed by atoms with E-state index in [1.807, 2.05) is 0 Å². The fourth-order valence-corrected chi connectivity index (χ4v) is 4.57. The summed E-state index contributed by atoms with van der Waals surface area (Å²) in [5, 5.41) is 18.9. The van der Waals surface area contributed by atoms with Crippen molar-refractivity contribution in [3.05, 3.63) is 76.7 Å². The molecule has 0 fully saturated rings. The van der Waals surface area contributed by atoms with Crippen LogP contribution in [0.25, 0.3) is 11.1 Å². The van der Waals surface area contributed by atoms with Crippen molar-refractivity contribution in [3.8, 4) is 11.1 Å². The number of anilines is 2. The van der Waals surface area contributed by atoms with Gasteiger partial charge in [0.05, 0.1) is 41.6 Å². The number of aliphatic hydroxyl groups is 2. The Morgan fingerprint density at radius 1 is 0.833 bits per heavy atom. The zero-order valence-corrected chi connectivity index (χ0v) is 23.2. The monoisotopic (exact) mass is 601 g/mol. The van der Waals surface area contributed by atoms with E-state index < -0.39 is 46.2 Å². The lowest BCUT2D eigenvalue weighted by molar-refractivity contribution is -0.143. The lowest BCUT2D eigenvalue weighted by Crippen LogP contribution is -2.42. The fraction of sp³-hybridized carbons (Fsp3) is 0.379. The normalized spacial score (nSPS) is 12.4. The number of carbonyl (C=O) groups excluding carboxylic acids is 1. The summed E-state index contributed by atoms with van der Waals surface area (Å²) in [6, 6.07) is 6.50. The Morgan fingerprint density at radius 2 is 1.36 bits per heavy atom. The molecule has 3 aromatic rings. The molecule has 1 amide bonds. The molecule has 3 rings (SSSR count). The van der Waals surface area contributed by atoms with Gasteiger partial charge in [0, 0.05) is 25.7 Å². The van der Waals surface area contributed by atoms with Gasteiger partial charge in [-0.1, -0.05) is 6.07 Å². The average molecular weight is 602 g/mol. The predicted molar refractivity (Wildman–Crippen MR) is 144 cm³/mol. The number of aliphatic hydroxyl groups excluding tert-OH is 2. The first kappa shape index (κ1) is 32.8. The van der Waals surface area contributed by atoms with Gasteiger partial charge in [-0.25, -0.2) is 9.37 Å². The van der Waals surface area contributed by atoms with Gasteiger partial charge >= 0.3 is 12.4 Å². The molecule has 1 heterocycles. The second kappa shape index (κ2) is 12.3. The zero-order chi connectivity index (χ0) is 31.6. The molecule has 13 heteroatoms. The summed E-state index contributed by atoms with van der Waals surface area (Å²) in [4.78, 5) is 20.8. The van der Waals surface area contributed by atoms with E-state index in [0.29, 0.717) is 34.6 Å². The number of hydrogen-bond acceptors (Lipinski definition) is 5. The topological polar surface area (TPSA) is 76.9 Å².